The van der Waals surface area contributed by atoms with Crippen molar-refractivity contribution >= 4 is 5.97 Å². The van der Waals surface area contributed by atoms with E-state index in [1.807, 2.05) is 68.4 Å². The van der Waals surface area contributed by atoms with Crippen LogP contribution in [0.3, 0.4) is 0 Å². The number of ether oxygens (including phenoxy) is 2. The fourth-order valence-electron chi connectivity index (χ4n) is 3.52. The predicted octanol–water partition coefficient (Wildman–Crippen LogP) is 5.14. The van der Waals surface area contributed by atoms with Crippen molar-refractivity contribution in [2.45, 2.75) is 52.5 Å². The van der Waals surface area contributed by atoms with Crippen LogP contribution in [0.5, 0.6) is 5.75 Å². The van der Waals surface area contributed by atoms with E-state index >= 15 is 0 Å². The van der Waals surface area contributed by atoms with Crippen LogP contribution >= 0.6 is 0 Å². The Labute approximate surface area is 196 Å². The third-order valence-electron chi connectivity index (χ3n) is 5.38. The van der Waals surface area contributed by atoms with E-state index < -0.39 is 0 Å². The summed E-state index contributed by atoms with van der Waals surface area (Å²) in [6.07, 6.45) is 3.36. The van der Waals surface area contributed by atoms with Gasteiger partial charge in [0.05, 0.1) is 18.9 Å². The molecule has 0 bridgehead atoms. The van der Waals surface area contributed by atoms with Crippen molar-refractivity contribution in [1.82, 2.24) is 10.3 Å². The zero-order valence-electron chi connectivity index (χ0n) is 19.8. The average Bonchev–Trinajstić information content (AvgIpc) is 3.21. The number of unbranched alkanes of at least 4 members (excludes halogenated alkanes) is 1. The van der Waals surface area contributed by atoms with Gasteiger partial charge >= 0.3 is 5.97 Å². The van der Waals surface area contributed by atoms with Gasteiger partial charge in [-0.25, -0.2) is 4.98 Å². The molecule has 0 radical (unpaired) electrons. The van der Waals surface area contributed by atoms with Gasteiger partial charge in [0.2, 0.25) is 5.89 Å². The number of carbonyl (C=O) groups is 1. The van der Waals surface area contributed by atoms with E-state index in [2.05, 4.69) is 17.2 Å². The number of nitrogens with zero attached hydrogens (tertiary/aromatic N) is 1. The summed E-state index contributed by atoms with van der Waals surface area (Å²) in [6.45, 7) is 7.58. The van der Waals surface area contributed by atoms with Crippen molar-refractivity contribution in [1.29, 1.82) is 0 Å². The van der Waals surface area contributed by atoms with Gasteiger partial charge in [0.1, 0.15) is 17.6 Å². The van der Waals surface area contributed by atoms with Crippen molar-refractivity contribution in [3.05, 3.63) is 71.6 Å². The third kappa shape index (κ3) is 7.46. The molecule has 0 saturated heterocycles. The van der Waals surface area contributed by atoms with Gasteiger partial charge in [0, 0.05) is 12.0 Å². The molecule has 1 aromatic heterocycles. The molecule has 0 spiro atoms. The molecule has 0 saturated carbocycles. The molecular weight excluding hydrogens is 416 g/mol. The molecule has 0 aliphatic carbocycles. The second-order valence-electron chi connectivity index (χ2n) is 7.95. The highest BCUT2D eigenvalue weighted by molar-refractivity contribution is 5.76. The number of carbonyl (C=O) groups excluding carboxylic acids is 1. The van der Waals surface area contributed by atoms with Crippen LogP contribution in [0.15, 0.2) is 59.0 Å². The fraction of sp³-hybridized carbons (Fsp3) is 0.407. The Morgan fingerprint density at radius 2 is 1.85 bits per heavy atom. The first-order valence-electron chi connectivity index (χ1n) is 11.7. The zero-order chi connectivity index (χ0) is 23.5. The summed E-state index contributed by atoms with van der Waals surface area (Å²) in [4.78, 5) is 16.9. The van der Waals surface area contributed by atoms with E-state index in [-0.39, 0.29) is 12.0 Å². The lowest BCUT2D eigenvalue weighted by molar-refractivity contribution is -0.145. The SMILES string of the molecule is CCCCN[C@@H](Cc1ccc(OCCc2nc(-c3ccccc3)oc2C)cc1)C(=O)OCC. The quantitative estimate of drug-likeness (QED) is 0.287. The van der Waals surface area contributed by atoms with Gasteiger partial charge in [-0.3, -0.25) is 4.79 Å². The van der Waals surface area contributed by atoms with Crippen molar-refractivity contribution < 1.29 is 18.7 Å². The first-order valence-corrected chi connectivity index (χ1v) is 11.7. The van der Waals surface area contributed by atoms with E-state index in [1.54, 1.807) is 0 Å². The number of nitrogens with one attached hydrogen (secondary N) is 1. The molecule has 6 nitrogen and oxygen atoms in total. The molecule has 1 atom stereocenters. The van der Waals surface area contributed by atoms with Gasteiger partial charge in [0.15, 0.2) is 0 Å². The highest BCUT2D eigenvalue weighted by atomic mass is 16.5. The van der Waals surface area contributed by atoms with Crippen LogP contribution in [-0.4, -0.2) is 36.8 Å². The Morgan fingerprint density at radius 3 is 2.55 bits per heavy atom. The maximum Gasteiger partial charge on any atom is 0.323 e. The number of benzene rings is 2. The lowest BCUT2D eigenvalue weighted by atomic mass is 10.1. The van der Waals surface area contributed by atoms with Gasteiger partial charge in [-0.1, -0.05) is 43.7 Å². The third-order valence-corrected chi connectivity index (χ3v) is 5.38. The summed E-state index contributed by atoms with van der Waals surface area (Å²) in [5.74, 6) is 2.03. The molecule has 1 N–H and O–H groups in total. The van der Waals surface area contributed by atoms with Crippen molar-refractivity contribution in [2.75, 3.05) is 19.8 Å². The summed E-state index contributed by atoms with van der Waals surface area (Å²) in [5.41, 5.74) is 2.93. The van der Waals surface area contributed by atoms with Crippen LogP contribution in [0.25, 0.3) is 11.5 Å². The maximum atomic E-state index is 12.3. The lowest BCUT2D eigenvalue weighted by Gasteiger charge is -2.17. The van der Waals surface area contributed by atoms with Crippen LogP contribution in [0.1, 0.15) is 43.7 Å². The molecule has 0 aliphatic rings. The monoisotopic (exact) mass is 450 g/mol. The number of rotatable bonds is 13. The number of esters is 1. The molecule has 6 heteroatoms. The smallest absolute Gasteiger partial charge is 0.323 e. The van der Waals surface area contributed by atoms with Gasteiger partial charge in [-0.15, -0.1) is 0 Å². The van der Waals surface area contributed by atoms with Crippen LogP contribution in [0.2, 0.25) is 0 Å². The van der Waals surface area contributed by atoms with Gasteiger partial charge in [-0.2, -0.15) is 0 Å². The standard InChI is InChI=1S/C27H34N2O4/c1-4-6-17-28-25(27(30)31-5-2)19-21-12-14-23(15-13-21)32-18-16-24-20(3)33-26(29-24)22-10-8-7-9-11-22/h7-15,25,28H,4-6,16-19H2,1-3H3/t25-/m0/s1. The second kappa shape index (κ2) is 12.8. The van der Waals surface area contributed by atoms with Crippen molar-refractivity contribution in [2.24, 2.45) is 0 Å². The van der Waals surface area contributed by atoms with Gasteiger partial charge in [-0.05, 0) is 63.1 Å². The molecule has 0 unspecified atom stereocenters. The molecule has 1 heterocycles. The molecule has 0 aliphatic heterocycles. The minimum Gasteiger partial charge on any atom is -0.493 e. The van der Waals surface area contributed by atoms with Crippen LogP contribution in [0, 0.1) is 6.92 Å². The number of aryl methyl sites for hydroxylation is 1. The van der Waals surface area contributed by atoms with Crippen molar-refractivity contribution in [3.63, 3.8) is 0 Å². The Bertz CT molecular complexity index is 983. The van der Waals surface area contributed by atoms with Crippen LogP contribution in [-0.2, 0) is 22.4 Å². The maximum absolute atomic E-state index is 12.3. The predicted molar refractivity (Wildman–Crippen MR) is 129 cm³/mol. The van der Waals surface area contributed by atoms with E-state index in [0.717, 1.165) is 47.7 Å². The highest BCUT2D eigenvalue weighted by Gasteiger charge is 2.19. The number of aromatic nitrogens is 1. The first kappa shape index (κ1) is 24.5. The normalized spacial score (nSPS) is 11.8. The van der Waals surface area contributed by atoms with E-state index in [0.29, 0.717) is 31.9 Å². The Kier molecular flexibility index (Phi) is 9.51. The molecule has 33 heavy (non-hydrogen) atoms. The number of hydrogen-bond acceptors (Lipinski definition) is 6. The summed E-state index contributed by atoms with van der Waals surface area (Å²) in [5, 5.41) is 3.32. The van der Waals surface area contributed by atoms with Crippen LogP contribution in [0.4, 0.5) is 0 Å². The molecule has 0 amide bonds. The molecule has 3 aromatic rings. The summed E-state index contributed by atoms with van der Waals surface area (Å²) >= 11 is 0. The first-order chi connectivity index (χ1) is 16.1. The minimum absolute atomic E-state index is 0.202. The van der Waals surface area contributed by atoms with Gasteiger partial charge < -0.3 is 19.2 Å². The summed E-state index contributed by atoms with van der Waals surface area (Å²) in [6, 6.07) is 17.4. The van der Waals surface area contributed by atoms with Gasteiger partial charge in [0.25, 0.3) is 0 Å². The number of hydrogen-bond donors (Lipinski definition) is 1. The minimum atomic E-state index is -0.336. The Balaban J connectivity index is 1.52. The summed E-state index contributed by atoms with van der Waals surface area (Å²) in [7, 11) is 0. The topological polar surface area (TPSA) is 73.6 Å². The molecule has 176 valence electrons. The lowest BCUT2D eigenvalue weighted by Crippen LogP contribution is -2.40. The average molecular weight is 451 g/mol. The largest absolute Gasteiger partial charge is 0.493 e. The Hall–Kier alpha value is -3.12. The summed E-state index contributed by atoms with van der Waals surface area (Å²) < 4.78 is 17.0. The van der Waals surface area contributed by atoms with Crippen LogP contribution < -0.4 is 10.1 Å². The molecule has 3 rings (SSSR count). The van der Waals surface area contributed by atoms with E-state index in [4.69, 9.17) is 13.9 Å². The molecule has 0 fully saturated rings. The molecular formula is C27H34N2O4. The Morgan fingerprint density at radius 1 is 1.09 bits per heavy atom. The van der Waals surface area contributed by atoms with Crippen molar-refractivity contribution in [3.8, 4) is 17.2 Å². The fourth-order valence-corrected chi connectivity index (χ4v) is 3.52. The highest BCUT2D eigenvalue weighted by Crippen LogP contribution is 2.22. The molecule has 2 aromatic carbocycles. The zero-order valence-corrected chi connectivity index (χ0v) is 19.8. The second-order valence-corrected chi connectivity index (χ2v) is 7.95. The number of oxazole rings is 1. The van der Waals surface area contributed by atoms with E-state index in [1.165, 1.54) is 0 Å². The van der Waals surface area contributed by atoms with E-state index in [9.17, 15) is 4.79 Å².